The molecule has 0 N–H and O–H groups in total. The average Bonchev–Trinajstić information content (AvgIpc) is 2.25. The fourth-order valence-electron chi connectivity index (χ4n) is 1.14. The van der Waals surface area contributed by atoms with Gasteiger partial charge in [-0.05, 0) is 30.0 Å². The van der Waals surface area contributed by atoms with Crippen LogP contribution in [0, 0.1) is 0 Å². The quantitative estimate of drug-likeness (QED) is 0.334. The van der Waals surface area contributed by atoms with Crippen LogP contribution in [0.25, 0.3) is 0 Å². The van der Waals surface area contributed by atoms with Crippen molar-refractivity contribution in [2.75, 3.05) is 6.61 Å². The maximum absolute atomic E-state index is 10.7. The molecule has 15 heavy (non-hydrogen) atoms. The van der Waals surface area contributed by atoms with Gasteiger partial charge in [0.15, 0.2) is 0 Å². The number of benzene rings is 1. The summed E-state index contributed by atoms with van der Waals surface area (Å²) in [5.74, 6) is -0.982. The molecule has 0 radical (unpaired) electrons. The first-order valence-electron chi connectivity index (χ1n) is 4.60. The number of rotatable bonds is 5. The molecule has 0 unspecified atom stereocenters. The number of carbonyl (C=O) groups excluding carboxylic acids is 2. The second kappa shape index (κ2) is 6.19. The average molecular weight is 227 g/mol. The first-order chi connectivity index (χ1) is 7.20. The van der Waals surface area contributed by atoms with E-state index in [1.807, 2.05) is 30.3 Å². The highest BCUT2D eigenvalue weighted by molar-refractivity contribution is 6.80. The summed E-state index contributed by atoms with van der Waals surface area (Å²) in [6, 6.07) is 9.83. The lowest BCUT2D eigenvalue weighted by molar-refractivity contribution is -0.150. The number of esters is 1. The molecule has 0 aliphatic rings. The fourth-order valence-corrected chi connectivity index (χ4v) is 1.20. The molecule has 3 nitrogen and oxygen atoms in total. The van der Waals surface area contributed by atoms with Crippen LogP contribution < -0.4 is 0 Å². The summed E-state index contributed by atoms with van der Waals surface area (Å²) in [5.41, 5.74) is 1.17. The van der Waals surface area contributed by atoms with Crippen molar-refractivity contribution in [3.63, 3.8) is 0 Å². The van der Waals surface area contributed by atoms with Crippen LogP contribution in [0.3, 0.4) is 0 Å². The zero-order chi connectivity index (χ0) is 11.1. The van der Waals surface area contributed by atoms with Crippen molar-refractivity contribution in [3.05, 3.63) is 35.9 Å². The maximum Gasteiger partial charge on any atom is 0.391 e. The van der Waals surface area contributed by atoms with Gasteiger partial charge in [0.05, 0.1) is 6.61 Å². The van der Waals surface area contributed by atoms with E-state index in [0.717, 1.165) is 6.42 Å². The largest absolute Gasteiger partial charge is 0.459 e. The molecule has 0 saturated heterocycles. The van der Waals surface area contributed by atoms with E-state index < -0.39 is 11.2 Å². The van der Waals surface area contributed by atoms with Gasteiger partial charge in [0.2, 0.25) is 0 Å². The summed E-state index contributed by atoms with van der Waals surface area (Å²) in [4.78, 5) is 20.9. The predicted octanol–water partition coefficient (Wildman–Crippen LogP) is 1.93. The zero-order valence-electron chi connectivity index (χ0n) is 8.11. The minimum absolute atomic E-state index is 0.214. The van der Waals surface area contributed by atoms with E-state index in [0.29, 0.717) is 6.42 Å². The van der Waals surface area contributed by atoms with Crippen LogP contribution in [0.2, 0.25) is 0 Å². The molecule has 0 aliphatic heterocycles. The summed E-state index contributed by atoms with van der Waals surface area (Å²) in [7, 11) is 0. The number of ether oxygens (including phenoxy) is 1. The topological polar surface area (TPSA) is 43.4 Å². The Bertz CT molecular complexity index is 335. The molecule has 0 fully saturated rings. The third kappa shape index (κ3) is 4.61. The lowest BCUT2D eigenvalue weighted by atomic mass is 10.1. The van der Waals surface area contributed by atoms with Crippen LogP contribution >= 0.6 is 11.6 Å². The Hall–Kier alpha value is -1.35. The third-order valence-corrected chi connectivity index (χ3v) is 2.00. The molecule has 0 aliphatic carbocycles. The summed E-state index contributed by atoms with van der Waals surface area (Å²) in [5, 5.41) is -1.07. The number of hydrogen-bond donors (Lipinski definition) is 0. The second-order valence-corrected chi connectivity index (χ2v) is 3.34. The van der Waals surface area contributed by atoms with Gasteiger partial charge in [-0.3, -0.25) is 4.79 Å². The van der Waals surface area contributed by atoms with Crippen LogP contribution in [-0.2, 0) is 20.7 Å². The maximum atomic E-state index is 10.7. The normalized spacial score (nSPS) is 9.67. The smallest absolute Gasteiger partial charge is 0.391 e. The molecule has 1 aromatic carbocycles. The van der Waals surface area contributed by atoms with Crippen LogP contribution in [0.1, 0.15) is 12.0 Å². The van der Waals surface area contributed by atoms with Crippen LogP contribution in [0.4, 0.5) is 0 Å². The molecule has 0 heterocycles. The van der Waals surface area contributed by atoms with Crippen molar-refractivity contribution >= 4 is 22.8 Å². The molecule has 4 heteroatoms. The van der Waals surface area contributed by atoms with Crippen molar-refractivity contribution in [1.29, 1.82) is 0 Å². The monoisotopic (exact) mass is 226 g/mol. The lowest BCUT2D eigenvalue weighted by Crippen LogP contribution is -2.12. The second-order valence-electron chi connectivity index (χ2n) is 3.00. The molecule has 0 bridgehead atoms. The van der Waals surface area contributed by atoms with Crippen LogP contribution in [0.15, 0.2) is 30.3 Å². The Labute approximate surface area is 93.0 Å². The van der Waals surface area contributed by atoms with Gasteiger partial charge < -0.3 is 4.74 Å². The van der Waals surface area contributed by atoms with Crippen molar-refractivity contribution in [2.45, 2.75) is 12.8 Å². The van der Waals surface area contributed by atoms with Crippen molar-refractivity contribution in [2.24, 2.45) is 0 Å². The standard InChI is InChI=1S/C11H11ClO3/c12-10(13)11(14)15-8-4-7-9-5-2-1-3-6-9/h1-3,5-6H,4,7-8H2. The van der Waals surface area contributed by atoms with Gasteiger partial charge in [0.1, 0.15) is 0 Å². The molecule has 80 valence electrons. The van der Waals surface area contributed by atoms with E-state index in [1.54, 1.807) is 0 Å². The van der Waals surface area contributed by atoms with Gasteiger partial charge in [-0.1, -0.05) is 30.3 Å². The summed E-state index contributed by atoms with van der Waals surface area (Å²) < 4.78 is 4.60. The molecular formula is C11H11ClO3. The summed E-state index contributed by atoms with van der Waals surface area (Å²) in [6.45, 7) is 0.214. The molecule has 0 amide bonds. The summed E-state index contributed by atoms with van der Waals surface area (Å²) in [6.07, 6.45) is 1.49. The Morgan fingerprint density at radius 3 is 2.47 bits per heavy atom. The van der Waals surface area contributed by atoms with E-state index in [1.165, 1.54) is 5.56 Å². The lowest BCUT2D eigenvalue weighted by Gasteiger charge is -2.01. The highest BCUT2D eigenvalue weighted by Gasteiger charge is 2.10. The van der Waals surface area contributed by atoms with E-state index in [4.69, 9.17) is 11.6 Å². The first kappa shape index (κ1) is 11.7. The van der Waals surface area contributed by atoms with Crippen LogP contribution in [-0.4, -0.2) is 17.8 Å². The fraction of sp³-hybridized carbons (Fsp3) is 0.273. The molecule has 1 rings (SSSR count). The molecule has 0 saturated carbocycles. The van der Waals surface area contributed by atoms with Crippen molar-refractivity contribution in [3.8, 4) is 0 Å². The minimum Gasteiger partial charge on any atom is -0.459 e. The molecular weight excluding hydrogens is 216 g/mol. The van der Waals surface area contributed by atoms with Gasteiger partial charge >= 0.3 is 11.2 Å². The van der Waals surface area contributed by atoms with Gasteiger partial charge in [0.25, 0.3) is 0 Å². The Balaban J connectivity index is 2.18. The van der Waals surface area contributed by atoms with E-state index >= 15 is 0 Å². The third-order valence-electron chi connectivity index (χ3n) is 1.85. The summed E-state index contributed by atoms with van der Waals surface area (Å²) >= 11 is 4.91. The minimum atomic E-state index is -1.07. The molecule has 1 aromatic rings. The number of carbonyl (C=O) groups is 2. The zero-order valence-corrected chi connectivity index (χ0v) is 8.87. The number of halogens is 1. The highest BCUT2D eigenvalue weighted by Crippen LogP contribution is 2.02. The van der Waals surface area contributed by atoms with Crippen molar-refractivity contribution < 1.29 is 14.3 Å². The predicted molar refractivity (Wildman–Crippen MR) is 56.6 cm³/mol. The van der Waals surface area contributed by atoms with Gasteiger partial charge in [-0.15, -0.1) is 0 Å². The van der Waals surface area contributed by atoms with Gasteiger partial charge in [-0.2, -0.15) is 0 Å². The number of aryl methyl sites for hydroxylation is 1. The molecule has 0 aromatic heterocycles. The molecule has 0 spiro atoms. The SMILES string of the molecule is O=C(Cl)C(=O)OCCCc1ccccc1. The van der Waals surface area contributed by atoms with Crippen LogP contribution in [0.5, 0.6) is 0 Å². The Morgan fingerprint density at radius 1 is 1.20 bits per heavy atom. The Morgan fingerprint density at radius 2 is 1.87 bits per heavy atom. The van der Waals surface area contributed by atoms with Gasteiger partial charge in [0, 0.05) is 0 Å². The Kier molecular flexibility index (Phi) is 4.84. The first-order valence-corrected chi connectivity index (χ1v) is 4.98. The van der Waals surface area contributed by atoms with E-state index in [2.05, 4.69) is 4.74 Å². The highest BCUT2D eigenvalue weighted by atomic mass is 35.5. The number of hydrogen-bond acceptors (Lipinski definition) is 3. The van der Waals surface area contributed by atoms with E-state index in [-0.39, 0.29) is 6.61 Å². The van der Waals surface area contributed by atoms with E-state index in [9.17, 15) is 9.59 Å². The van der Waals surface area contributed by atoms with Crippen molar-refractivity contribution in [1.82, 2.24) is 0 Å². The van der Waals surface area contributed by atoms with Gasteiger partial charge in [-0.25, -0.2) is 4.79 Å². The molecule has 0 atom stereocenters.